The summed E-state index contributed by atoms with van der Waals surface area (Å²) in [4.78, 5) is 25.3. The van der Waals surface area contributed by atoms with Crippen molar-refractivity contribution in [1.29, 1.82) is 0 Å². The largest absolute Gasteiger partial charge is 0.494 e. The zero-order valence-electron chi connectivity index (χ0n) is 15.1. The molecule has 0 saturated heterocycles. The number of hydrogen-bond donors (Lipinski definition) is 2. The number of nitro benzene ring substituents is 1. The van der Waals surface area contributed by atoms with E-state index in [1.807, 2.05) is 23.1 Å². The Bertz CT molecular complexity index is 869. The van der Waals surface area contributed by atoms with Gasteiger partial charge in [0.05, 0.1) is 24.1 Å². The van der Waals surface area contributed by atoms with E-state index >= 15 is 0 Å². The summed E-state index contributed by atoms with van der Waals surface area (Å²) in [6, 6.07) is 10.1. The molecule has 2 aromatic rings. The van der Waals surface area contributed by atoms with Gasteiger partial charge in [-0.05, 0) is 49.6 Å². The van der Waals surface area contributed by atoms with Gasteiger partial charge in [0.15, 0.2) is 0 Å². The van der Waals surface area contributed by atoms with E-state index in [0.29, 0.717) is 12.4 Å². The summed E-state index contributed by atoms with van der Waals surface area (Å²) in [5, 5.41) is 14.0. The van der Waals surface area contributed by atoms with Crippen LogP contribution in [0.1, 0.15) is 18.9 Å². The van der Waals surface area contributed by atoms with Crippen LogP contribution in [0.4, 0.5) is 22.7 Å². The average Bonchev–Trinajstić information content (AvgIpc) is 2.64. The number of anilines is 3. The third kappa shape index (κ3) is 4.11. The molecule has 1 amide bonds. The van der Waals surface area contributed by atoms with Crippen LogP contribution in [-0.4, -0.2) is 30.5 Å². The number of benzene rings is 2. The van der Waals surface area contributed by atoms with Gasteiger partial charge in [-0.25, -0.2) is 0 Å². The molecule has 0 saturated carbocycles. The smallest absolute Gasteiger partial charge is 0.296 e. The first kappa shape index (κ1) is 18.5. The van der Waals surface area contributed by atoms with Crippen molar-refractivity contribution in [1.82, 2.24) is 0 Å². The quantitative estimate of drug-likeness (QED) is 0.459. The zero-order chi connectivity index (χ0) is 19.4. The lowest BCUT2D eigenvalue weighted by Crippen LogP contribution is -2.37. The normalized spacial score (nSPS) is 13.0. The predicted molar refractivity (Wildman–Crippen MR) is 104 cm³/mol. The molecule has 8 heteroatoms. The highest BCUT2D eigenvalue weighted by molar-refractivity contribution is 5.96. The van der Waals surface area contributed by atoms with Crippen LogP contribution in [0.5, 0.6) is 5.75 Å². The molecule has 0 atom stereocenters. The van der Waals surface area contributed by atoms with Crippen molar-refractivity contribution in [3.63, 3.8) is 0 Å². The highest BCUT2D eigenvalue weighted by Gasteiger charge is 2.22. The lowest BCUT2D eigenvalue weighted by molar-refractivity contribution is -0.384. The first-order valence-electron chi connectivity index (χ1n) is 8.83. The number of nitrogens with one attached hydrogen (secondary N) is 1. The second-order valence-corrected chi connectivity index (χ2v) is 6.29. The Hall–Kier alpha value is -3.29. The molecule has 27 heavy (non-hydrogen) atoms. The number of rotatable bonds is 6. The Morgan fingerprint density at radius 1 is 1.37 bits per heavy atom. The van der Waals surface area contributed by atoms with E-state index in [-0.39, 0.29) is 23.8 Å². The van der Waals surface area contributed by atoms with Crippen molar-refractivity contribution in [2.45, 2.75) is 19.8 Å². The van der Waals surface area contributed by atoms with Gasteiger partial charge in [0, 0.05) is 17.9 Å². The maximum atomic E-state index is 12.5. The maximum Gasteiger partial charge on any atom is 0.296 e. The van der Waals surface area contributed by atoms with E-state index < -0.39 is 4.92 Å². The van der Waals surface area contributed by atoms with E-state index in [1.165, 1.54) is 12.1 Å². The van der Waals surface area contributed by atoms with Gasteiger partial charge in [-0.15, -0.1) is 0 Å². The Balaban J connectivity index is 1.76. The minimum atomic E-state index is -0.533. The molecule has 1 heterocycles. The van der Waals surface area contributed by atoms with Gasteiger partial charge >= 0.3 is 0 Å². The standard InChI is InChI=1S/C19H22N4O4/c1-2-27-13-8-9-16(18(11-13)23(25)26)21-19(24)12-22-10-4-5-14-15(20)6-3-7-17(14)22/h3,6-9,11H,2,4-5,10,12,20H2,1H3,(H,21,24). The molecular weight excluding hydrogens is 348 g/mol. The summed E-state index contributed by atoms with van der Waals surface area (Å²) in [6.07, 6.45) is 1.78. The summed E-state index contributed by atoms with van der Waals surface area (Å²) in [5.74, 6) is 0.0696. The molecule has 142 valence electrons. The van der Waals surface area contributed by atoms with Crippen molar-refractivity contribution >= 4 is 28.7 Å². The number of carbonyl (C=O) groups excluding carboxylic acids is 1. The zero-order valence-corrected chi connectivity index (χ0v) is 15.1. The first-order valence-corrected chi connectivity index (χ1v) is 8.83. The van der Waals surface area contributed by atoms with Crippen LogP contribution in [0.25, 0.3) is 0 Å². The summed E-state index contributed by atoms with van der Waals surface area (Å²) in [7, 11) is 0. The van der Waals surface area contributed by atoms with E-state index in [1.54, 1.807) is 13.0 Å². The first-order chi connectivity index (χ1) is 13.0. The number of nitrogen functional groups attached to an aromatic ring is 1. The number of nitro groups is 1. The van der Waals surface area contributed by atoms with Crippen LogP contribution in [0, 0.1) is 10.1 Å². The Morgan fingerprint density at radius 3 is 2.93 bits per heavy atom. The number of carbonyl (C=O) groups is 1. The van der Waals surface area contributed by atoms with E-state index in [2.05, 4.69) is 5.32 Å². The van der Waals surface area contributed by atoms with Gasteiger partial charge in [0.1, 0.15) is 11.4 Å². The minimum Gasteiger partial charge on any atom is -0.494 e. The molecule has 0 unspecified atom stereocenters. The second kappa shape index (κ2) is 7.94. The van der Waals surface area contributed by atoms with E-state index in [4.69, 9.17) is 10.5 Å². The van der Waals surface area contributed by atoms with E-state index in [9.17, 15) is 14.9 Å². The number of ether oxygens (including phenoxy) is 1. The molecule has 0 aliphatic carbocycles. The molecule has 0 spiro atoms. The second-order valence-electron chi connectivity index (χ2n) is 6.29. The number of nitrogens with zero attached hydrogens (tertiary/aromatic N) is 2. The van der Waals surface area contributed by atoms with Gasteiger partial charge in [-0.3, -0.25) is 14.9 Å². The van der Waals surface area contributed by atoms with E-state index in [0.717, 1.165) is 36.3 Å². The fourth-order valence-electron chi connectivity index (χ4n) is 3.28. The van der Waals surface area contributed by atoms with Gasteiger partial charge in [0.25, 0.3) is 5.69 Å². The number of nitrogens with two attached hydrogens (primary N) is 1. The lowest BCUT2D eigenvalue weighted by atomic mass is 10.00. The molecule has 8 nitrogen and oxygen atoms in total. The Morgan fingerprint density at radius 2 is 2.19 bits per heavy atom. The maximum absolute atomic E-state index is 12.5. The molecule has 0 aromatic heterocycles. The van der Waals surface area contributed by atoms with Crippen LogP contribution < -0.4 is 20.7 Å². The van der Waals surface area contributed by atoms with Crippen molar-refractivity contribution in [2.24, 2.45) is 0 Å². The molecule has 2 aromatic carbocycles. The third-order valence-electron chi connectivity index (χ3n) is 4.47. The van der Waals surface area contributed by atoms with Crippen LogP contribution in [0.15, 0.2) is 36.4 Å². The minimum absolute atomic E-state index is 0.0980. The summed E-state index contributed by atoms with van der Waals surface area (Å²) in [5.41, 5.74) is 8.70. The lowest BCUT2D eigenvalue weighted by Gasteiger charge is -2.31. The van der Waals surface area contributed by atoms with Crippen LogP contribution >= 0.6 is 0 Å². The highest BCUT2D eigenvalue weighted by Crippen LogP contribution is 2.32. The molecule has 3 N–H and O–H groups in total. The van der Waals surface area contributed by atoms with Gasteiger partial charge in [-0.2, -0.15) is 0 Å². The molecule has 1 aliphatic rings. The molecule has 3 rings (SSSR count). The van der Waals surface area contributed by atoms with Gasteiger partial charge in [0.2, 0.25) is 5.91 Å². The van der Waals surface area contributed by atoms with Gasteiger partial charge in [-0.1, -0.05) is 6.07 Å². The van der Waals surface area contributed by atoms with Gasteiger partial charge < -0.3 is 20.7 Å². The SMILES string of the molecule is CCOc1ccc(NC(=O)CN2CCCc3c(N)cccc32)c([N+](=O)[O-])c1. The van der Waals surface area contributed by atoms with Crippen molar-refractivity contribution < 1.29 is 14.5 Å². The highest BCUT2D eigenvalue weighted by atomic mass is 16.6. The van der Waals surface area contributed by atoms with Crippen molar-refractivity contribution in [2.75, 3.05) is 35.6 Å². The van der Waals surface area contributed by atoms with Crippen LogP contribution in [0.3, 0.4) is 0 Å². The molecule has 0 radical (unpaired) electrons. The van der Waals surface area contributed by atoms with Crippen molar-refractivity contribution in [3.05, 3.63) is 52.1 Å². The summed E-state index contributed by atoms with van der Waals surface area (Å²) < 4.78 is 5.29. The van der Waals surface area contributed by atoms with Crippen LogP contribution in [-0.2, 0) is 11.2 Å². The molecular formula is C19H22N4O4. The van der Waals surface area contributed by atoms with Crippen LogP contribution in [0.2, 0.25) is 0 Å². The number of hydrogen-bond acceptors (Lipinski definition) is 6. The molecule has 0 bridgehead atoms. The number of amides is 1. The summed E-state index contributed by atoms with van der Waals surface area (Å²) >= 11 is 0. The monoisotopic (exact) mass is 370 g/mol. The fraction of sp³-hybridized carbons (Fsp3) is 0.316. The summed E-state index contributed by atoms with van der Waals surface area (Å²) in [6.45, 7) is 3.03. The average molecular weight is 370 g/mol. The predicted octanol–water partition coefficient (Wildman–Crippen LogP) is 2.97. The Labute approximate surface area is 157 Å². The topological polar surface area (TPSA) is 111 Å². The fourth-order valence-corrected chi connectivity index (χ4v) is 3.28. The van der Waals surface area contributed by atoms with Crippen molar-refractivity contribution in [3.8, 4) is 5.75 Å². The number of fused-ring (bicyclic) bond motifs is 1. The molecule has 1 aliphatic heterocycles. The Kier molecular flexibility index (Phi) is 5.44. The third-order valence-corrected chi connectivity index (χ3v) is 4.47. The molecule has 0 fully saturated rings.